The zero-order valence-electron chi connectivity index (χ0n) is 11.6. The third-order valence-electron chi connectivity index (χ3n) is 3.17. The molecule has 5 nitrogen and oxygen atoms in total. The van der Waals surface area contributed by atoms with Gasteiger partial charge in [0.1, 0.15) is 10.7 Å². The number of hydrogen-bond acceptors (Lipinski definition) is 4. The number of anilines is 1. The maximum atomic E-state index is 13.9. The Labute approximate surface area is 136 Å². The number of H-pyrrole nitrogens is 1. The molecule has 0 spiro atoms. The van der Waals surface area contributed by atoms with E-state index < -0.39 is 15.8 Å². The van der Waals surface area contributed by atoms with Crippen LogP contribution in [0.15, 0.2) is 52.3 Å². The number of rotatable bonds is 4. The number of hydrogen-bond donors (Lipinski definition) is 2. The fourth-order valence-electron chi connectivity index (χ4n) is 2.08. The topological polar surface area (TPSA) is 85.8 Å². The molecule has 0 aliphatic carbocycles. The monoisotopic (exact) mass is 347 g/mol. The smallest absolute Gasteiger partial charge is 0.264 e. The summed E-state index contributed by atoms with van der Waals surface area (Å²) in [6.45, 7) is 0. The number of aromatic nitrogens is 1. The van der Waals surface area contributed by atoms with Gasteiger partial charge in [-0.2, -0.15) is 16.6 Å². The lowest BCUT2D eigenvalue weighted by Crippen LogP contribution is -2.14. The quantitative estimate of drug-likeness (QED) is 0.757. The molecule has 2 N–H and O–H groups in total. The Balaban J connectivity index is 1.98. The highest BCUT2D eigenvalue weighted by Crippen LogP contribution is 2.30. The summed E-state index contributed by atoms with van der Waals surface area (Å²) >= 11 is 1.45. The maximum Gasteiger partial charge on any atom is 0.264 e. The third-order valence-corrected chi connectivity index (χ3v) is 5.26. The van der Waals surface area contributed by atoms with Crippen molar-refractivity contribution in [2.75, 3.05) is 4.72 Å². The average Bonchev–Trinajstić information content (AvgIpc) is 3.19. The van der Waals surface area contributed by atoms with Gasteiger partial charge >= 0.3 is 0 Å². The minimum Gasteiger partial charge on any atom is -0.366 e. The van der Waals surface area contributed by atoms with Gasteiger partial charge < -0.3 is 4.98 Å². The van der Waals surface area contributed by atoms with Crippen LogP contribution in [0.4, 0.5) is 10.1 Å². The van der Waals surface area contributed by atoms with E-state index in [9.17, 15) is 12.8 Å². The molecule has 3 aromatic rings. The predicted octanol–water partition coefficient (Wildman–Crippen LogP) is 3.55. The minimum absolute atomic E-state index is 0.0275. The van der Waals surface area contributed by atoms with Gasteiger partial charge in [0, 0.05) is 18.0 Å². The van der Waals surface area contributed by atoms with Gasteiger partial charge in [0.25, 0.3) is 10.0 Å². The van der Waals surface area contributed by atoms with E-state index in [0.717, 1.165) is 11.6 Å². The summed E-state index contributed by atoms with van der Waals surface area (Å²) in [7, 11) is -3.97. The molecule has 0 fully saturated rings. The van der Waals surface area contributed by atoms with Crippen molar-refractivity contribution in [3.63, 3.8) is 0 Å². The van der Waals surface area contributed by atoms with Crippen LogP contribution in [0.1, 0.15) is 5.56 Å². The largest absolute Gasteiger partial charge is 0.366 e. The first-order valence-electron chi connectivity index (χ1n) is 6.43. The molecule has 0 aliphatic heterocycles. The molecule has 116 valence electrons. The average molecular weight is 347 g/mol. The first-order valence-corrected chi connectivity index (χ1v) is 8.85. The summed E-state index contributed by atoms with van der Waals surface area (Å²) in [6, 6.07) is 7.14. The Kier molecular flexibility index (Phi) is 3.90. The van der Waals surface area contributed by atoms with Crippen molar-refractivity contribution in [3.8, 4) is 17.2 Å². The number of thiophene rings is 1. The highest BCUT2D eigenvalue weighted by molar-refractivity contribution is 7.92. The molecule has 0 saturated carbocycles. The molecule has 8 heteroatoms. The Morgan fingerprint density at radius 2 is 2.09 bits per heavy atom. The second-order valence-electron chi connectivity index (χ2n) is 4.66. The van der Waals surface area contributed by atoms with Crippen LogP contribution in [-0.2, 0) is 10.0 Å². The van der Waals surface area contributed by atoms with Crippen LogP contribution in [0, 0.1) is 17.1 Å². The standard InChI is InChI=1S/C15H10FN3O2S2/c16-13-5-10(6-17)1-2-14(13)19-23(20,21)15-8-18-7-12(15)11-3-4-22-9-11/h1-5,7-9,18-19H. The maximum absolute atomic E-state index is 13.9. The van der Waals surface area contributed by atoms with Crippen molar-refractivity contribution >= 4 is 27.0 Å². The van der Waals surface area contributed by atoms with Crippen molar-refractivity contribution < 1.29 is 12.8 Å². The third kappa shape index (κ3) is 2.97. The lowest BCUT2D eigenvalue weighted by molar-refractivity contribution is 0.599. The molecule has 0 atom stereocenters. The number of aromatic amines is 1. The lowest BCUT2D eigenvalue weighted by atomic mass is 10.2. The van der Waals surface area contributed by atoms with Gasteiger partial charge in [0.2, 0.25) is 0 Å². The molecule has 0 unspecified atom stereocenters. The minimum atomic E-state index is -3.97. The van der Waals surface area contributed by atoms with Gasteiger partial charge in [0.05, 0.1) is 17.3 Å². The predicted molar refractivity (Wildman–Crippen MR) is 86.0 cm³/mol. The number of sulfonamides is 1. The Morgan fingerprint density at radius 1 is 1.26 bits per heavy atom. The van der Waals surface area contributed by atoms with Crippen LogP contribution in [0.3, 0.4) is 0 Å². The molecule has 1 aromatic carbocycles. The van der Waals surface area contributed by atoms with Gasteiger partial charge in [-0.05, 0) is 40.6 Å². The van der Waals surface area contributed by atoms with Crippen molar-refractivity contribution in [3.05, 3.63) is 58.8 Å². The highest BCUT2D eigenvalue weighted by atomic mass is 32.2. The van der Waals surface area contributed by atoms with E-state index in [1.165, 1.54) is 29.7 Å². The molecule has 0 amide bonds. The van der Waals surface area contributed by atoms with E-state index in [-0.39, 0.29) is 16.1 Å². The first-order chi connectivity index (χ1) is 11.0. The normalized spacial score (nSPS) is 11.1. The van der Waals surface area contributed by atoms with Crippen LogP contribution in [-0.4, -0.2) is 13.4 Å². The Morgan fingerprint density at radius 3 is 2.74 bits per heavy atom. The van der Waals surface area contributed by atoms with E-state index >= 15 is 0 Å². The molecular weight excluding hydrogens is 337 g/mol. The zero-order valence-corrected chi connectivity index (χ0v) is 13.2. The Hall–Kier alpha value is -2.63. The summed E-state index contributed by atoms with van der Waals surface area (Å²) in [6.07, 6.45) is 2.92. The van der Waals surface area contributed by atoms with Gasteiger partial charge in [-0.15, -0.1) is 0 Å². The van der Waals surface area contributed by atoms with Crippen LogP contribution >= 0.6 is 11.3 Å². The Bertz CT molecular complexity index is 986. The van der Waals surface area contributed by atoms with Crippen molar-refractivity contribution in [1.29, 1.82) is 5.26 Å². The number of nitriles is 1. The van der Waals surface area contributed by atoms with Crippen molar-refractivity contribution in [2.24, 2.45) is 0 Å². The molecule has 0 saturated heterocycles. The van der Waals surface area contributed by atoms with E-state index in [4.69, 9.17) is 5.26 Å². The van der Waals surface area contributed by atoms with Crippen LogP contribution in [0.2, 0.25) is 0 Å². The zero-order chi connectivity index (χ0) is 16.4. The first kappa shape index (κ1) is 15.3. The van der Waals surface area contributed by atoms with Crippen LogP contribution in [0.25, 0.3) is 11.1 Å². The molecule has 0 aliphatic rings. The van der Waals surface area contributed by atoms with E-state index in [1.54, 1.807) is 18.3 Å². The molecular formula is C15H10FN3O2S2. The van der Waals surface area contributed by atoms with Crippen LogP contribution in [0.5, 0.6) is 0 Å². The van der Waals surface area contributed by atoms with E-state index in [0.29, 0.717) is 5.56 Å². The second kappa shape index (κ2) is 5.87. The summed E-state index contributed by atoms with van der Waals surface area (Å²) in [5.74, 6) is -0.805. The second-order valence-corrected chi connectivity index (χ2v) is 7.09. The summed E-state index contributed by atoms with van der Waals surface area (Å²) < 4.78 is 41.2. The van der Waals surface area contributed by atoms with E-state index in [1.807, 2.05) is 10.8 Å². The van der Waals surface area contributed by atoms with Gasteiger partial charge in [0.15, 0.2) is 0 Å². The molecule has 0 radical (unpaired) electrons. The number of benzene rings is 1. The molecule has 0 bridgehead atoms. The summed E-state index contributed by atoms with van der Waals surface area (Å²) in [5, 5.41) is 12.4. The lowest BCUT2D eigenvalue weighted by Gasteiger charge is -2.09. The summed E-state index contributed by atoms with van der Waals surface area (Å²) in [4.78, 5) is 2.79. The van der Waals surface area contributed by atoms with Gasteiger partial charge in [-0.1, -0.05) is 0 Å². The highest BCUT2D eigenvalue weighted by Gasteiger charge is 2.22. The summed E-state index contributed by atoms with van der Waals surface area (Å²) in [5.41, 5.74) is 1.18. The van der Waals surface area contributed by atoms with Crippen LogP contribution < -0.4 is 4.72 Å². The number of halogens is 1. The molecule has 2 heterocycles. The van der Waals surface area contributed by atoms with Gasteiger partial charge in [-0.25, -0.2) is 12.8 Å². The molecule has 23 heavy (non-hydrogen) atoms. The van der Waals surface area contributed by atoms with E-state index in [2.05, 4.69) is 9.71 Å². The van der Waals surface area contributed by atoms with Gasteiger partial charge in [-0.3, -0.25) is 4.72 Å². The molecule has 2 aromatic heterocycles. The van der Waals surface area contributed by atoms with Crippen molar-refractivity contribution in [2.45, 2.75) is 4.90 Å². The number of nitrogens with zero attached hydrogens (tertiary/aromatic N) is 1. The SMILES string of the molecule is N#Cc1ccc(NS(=O)(=O)c2c[nH]cc2-c2ccsc2)c(F)c1. The fraction of sp³-hybridized carbons (Fsp3) is 0. The fourth-order valence-corrected chi connectivity index (χ4v) is 3.99. The number of nitrogens with one attached hydrogen (secondary N) is 2. The van der Waals surface area contributed by atoms with Crippen molar-refractivity contribution in [1.82, 2.24) is 4.98 Å². The molecule has 3 rings (SSSR count).